The monoisotopic (exact) mass is 426 g/mol. The number of anilines is 1. The summed E-state index contributed by atoms with van der Waals surface area (Å²) in [6.45, 7) is 6.08. The van der Waals surface area contributed by atoms with Gasteiger partial charge in [0.25, 0.3) is 5.91 Å². The Morgan fingerprint density at radius 1 is 1.32 bits per heavy atom. The Labute approximate surface area is 178 Å². The fourth-order valence-electron chi connectivity index (χ4n) is 3.95. The van der Waals surface area contributed by atoms with Gasteiger partial charge in [0.1, 0.15) is 5.82 Å². The first-order chi connectivity index (χ1) is 14.7. The molecule has 2 aliphatic rings. The fraction of sp³-hybridized carbons (Fsp3) is 0.318. The zero-order valence-corrected chi connectivity index (χ0v) is 17.5. The molecule has 0 bridgehead atoms. The number of hydrogen-bond acceptors (Lipinski definition) is 4. The number of amides is 3. The number of aryl methyl sites for hydroxylation is 1. The smallest absolute Gasteiger partial charge is 0.408 e. The second-order valence-electron chi connectivity index (χ2n) is 7.80. The summed E-state index contributed by atoms with van der Waals surface area (Å²) in [5.74, 6) is -0.422. The van der Waals surface area contributed by atoms with Crippen molar-refractivity contribution in [2.24, 2.45) is 0 Å². The van der Waals surface area contributed by atoms with Crippen LogP contribution < -0.4 is 15.4 Å². The molecule has 0 spiro atoms. The highest BCUT2D eigenvalue weighted by Gasteiger charge is 2.28. The Morgan fingerprint density at radius 2 is 2.10 bits per heavy atom. The number of aromatic nitrogens is 1. The van der Waals surface area contributed by atoms with Gasteiger partial charge in [-0.2, -0.15) is 0 Å². The summed E-state index contributed by atoms with van der Waals surface area (Å²) >= 11 is 0. The molecule has 0 saturated carbocycles. The van der Waals surface area contributed by atoms with Crippen LogP contribution in [0.5, 0.6) is 5.75 Å². The van der Waals surface area contributed by atoms with Gasteiger partial charge in [-0.3, -0.25) is 9.59 Å². The lowest BCUT2D eigenvalue weighted by atomic mass is 10.0. The predicted octanol–water partition coefficient (Wildman–Crippen LogP) is 2.97. The number of fused-ring (bicyclic) bond motifs is 1. The summed E-state index contributed by atoms with van der Waals surface area (Å²) in [7, 11) is 0. The van der Waals surface area contributed by atoms with E-state index in [2.05, 4.69) is 15.6 Å². The van der Waals surface area contributed by atoms with Crippen molar-refractivity contribution in [1.82, 2.24) is 15.2 Å². The maximum atomic E-state index is 13.7. The molecule has 0 unspecified atom stereocenters. The lowest BCUT2D eigenvalue weighted by Gasteiger charge is -2.15. The van der Waals surface area contributed by atoms with Crippen molar-refractivity contribution < 1.29 is 23.5 Å². The van der Waals surface area contributed by atoms with E-state index in [1.807, 2.05) is 0 Å². The van der Waals surface area contributed by atoms with E-state index in [0.29, 0.717) is 59.0 Å². The highest BCUT2D eigenvalue weighted by atomic mass is 19.1. The van der Waals surface area contributed by atoms with E-state index in [1.165, 1.54) is 25.1 Å². The molecule has 1 saturated heterocycles. The van der Waals surface area contributed by atoms with Crippen LogP contribution in [-0.4, -0.2) is 46.9 Å². The number of ether oxygens (including phenoxy) is 1. The first-order valence-corrected chi connectivity index (χ1v) is 9.99. The molecule has 3 heterocycles. The number of rotatable bonds is 3. The molecular formula is C22H23FN4O4. The minimum Gasteiger partial charge on any atom is -0.408 e. The van der Waals surface area contributed by atoms with E-state index in [0.717, 1.165) is 0 Å². The maximum Gasteiger partial charge on any atom is 0.412 e. The lowest BCUT2D eigenvalue weighted by molar-refractivity contribution is -0.127. The van der Waals surface area contributed by atoms with Crippen molar-refractivity contribution in [3.8, 4) is 5.75 Å². The Morgan fingerprint density at radius 3 is 2.81 bits per heavy atom. The molecule has 3 amide bonds. The SMILES string of the molecule is CC(=O)N1CC[C@H](NC(=O)Oc2c(C)[nH]c(/C=C3\C(=O)Nc4ccc(F)cc43)c2C)C1. The van der Waals surface area contributed by atoms with Crippen molar-refractivity contribution in [3.05, 3.63) is 46.5 Å². The van der Waals surface area contributed by atoms with E-state index in [-0.39, 0.29) is 17.9 Å². The van der Waals surface area contributed by atoms with Crippen LogP contribution in [-0.2, 0) is 9.59 Å². The number of halogens is 1. The molecule has 1 fully saturated rings. The summed E-state index contributed by atoms with van der Waals surface area (Å²) in [5, 5.41) is 5.49. The molecule has 2 aromatic rings. The normalized spacial score (nSPS) is 18.8. The molecule has 3 N–H and O–H groups in total. The molecule has 31 heavy (non-hydrogen) atoms. The third kappa shape index (κ3) is 4.03. The van der Waals surface area contributed by atoms with Crippen LogP contribution in [0, 0.1) is 19.7 Å². The van der Waals surface area contributed by atoms with E-state index in [1.54, 1.807) is 24.8 Å². The molecule has 9 heteroatoms. The van der Waals surface area contributed by atoms with Crippen molar-refractivity contribution in [3.63, 3.8) is 0 Å². The molecule has 8 nitrogen and oxygen atoms in total. The molecule has 4 rings (SSSR count). The Bertz CT molecular complexity index is 1120. The lowest BCUT2D eigenvalue weighted by Crippen LogP contribution is -2.39. The van der Waals surface area contributed by atoms with E-state index < -0.39 is 11.9 Å². The third-order valence-corrected chi connectivity index (χ3v) is 5.61. The number of likely N-dealkylation sites (tertiary alicyclic amines) is 1. The van der Waals surface area contributed by atoms with Crippen LogP contribution in [0.1, 0.15) is 35.9 Å². The van der Waals surface area contributed by atoms with Crippen LogP contribution in [0.3, 0.4) is 0 Å². The molecule has 162 valence electrons. The summed E-state index contributed by atoms with van der Waals surface area (Å²) in [6, 6.07) is 3.95. The Balaban J connectivity index is 1.52. The number of carbonyl (C=O) groups excluding carboxylic acids is 3. The molecule has 0 aliphatic carbocycles. The predicted molar refractivity (Wildman–Crippen MR) is 113 cm³/mol. The first-order valence-electron chi connectivity index (χ1n) is 9.99. The quantitative estimate of drug-likeness (QED) is 0.657. The van der Waals surface area contributed by atoms with Gasteiger partial charge in [-0.25, -0.2) is 9.18 Å². The molecule has 1 aromatic carbocycles. The molecule has 1 aromatic heterocycles. The largest absolute Gasteiger partial charge is 0.412 e. The molecule has 2 aliphatic heterocycles. The molecule has 1 atom stereocenters. The summed E-state index contributed by atoms with van der Waals surface area (Å²) in [5.41, 5.74) is 3.21. The third-order valence-electron chi connectivity index (χ3n) is 5.61. The summed E-state index contributed by atoms with van der Waals surface area (Å²) in [6.07, 6.45) is 1.68. The highest BCUT2D eigenvalue weighted by molar-refractivity contribution is 6.34. The van der Waals surface area contributed by atoms with Crippen LogP contribution in [0.15, 0.2) is 18.2 Å². The topological polar surface area (TPSA) is 104 Å². The van der Waals surface area contributed by atoms with E-state index in [4.69, 9.17) is 4.74 Å². The van der Waals surface area contributed by atoms with Crippen molar-refractivity contribution in [1.29, 1.82) is 0 Å². The van der Waals surface area contributed by atoms with Crippen LogP contribution >= 0.6 is 0 Å². The van der Waals surface area contributed by atoms with Gasteiger partial charge in [0, 0.05) is 42.5 Å². The summed E-state index contributed by atoms with van der Waals surface area (Å²) in [4.78, 5) is 41.0. The Hall–Kier alpha value is -3.62. The van der Waals surface area contributed by atoms with E-state index >= 15 is 0 Å². The van der Waals surface area contributed by atoms with Gasteiger partial charge < -0.3 is 25.3 Å². The van der Waals surface area contributed by atoms with E-state index in [9.17, 15) is 18.8 Å². The zero-order chi connectivity index (χ0) is 22.3. The minimum absolute atomic E-state index is 0.0231. The standard InChI is InChI=1S/C22H23FN4O4/c1-11-19(9-17-16-8-14(23)4-5-18(16)26-21(17)29)24-12(2)20(11)31-22(30)25-15-6-7-27(10-15)13(3)28/h4-5,8-9,15,24H,6-7,10H2,1-3H3,(H,25,30)(H,26,29)/b17-9-/t15-/m0/s1. The molecule has 0 radical (unpaired) electrons. The van der Waals surface area contributed by atoms with Crippen LogP contribution in [0.25, 0.3) is 11.6 Å². The van der Waals surface area contributed by atoms with Gasteiger partial charge in [0.15, 0.2) is 5.75 Å². The van der Waals surface area contributed by atoms with Gasteiger partial charge >= 0.3 is 6.09 Å². The van der Waals surface area contributed by atoms with Gasteiger partial charge in [-0.15, -0.1) is 0 Å². The first kappa shape index (κ1) is 20.6. The second kappa shape index (κ2) is 7.90. The number of hydrogen-bond donors (Lipinski definition) is 3. The Kier molecular flexibility index (Phi) is 5.26. The summed E-state index contributed by atoms with van der Waals surface area (Å²) < 4.78 is 19.2. The maximum absolute atomic E-state index is 13.7. The average molecular weight is 426 g/mol. The number of aromatic amines is 1. The molecular weight excluding hydrogens is 403 g/mol. The zero-order valence-electron chi connectivity index (χ0n) is 17.5. The van der Waals surface area contributed by atoms with Crippen molar-refractivity contribution in [2.45, 2.75) is 33.2 Å². The van der Waals surface area contributed by atoms with Gasteiger partial charge in [-0.05, 0) is 44.5 Å². The second-order valence-corrected chi connectivity index (χ2v) is 7.80. The number of benzene rings is 1. The van der Waals surface area contributed by atoms with Gasteiger partial charge in [-0.1, -0.05) is 0 Å². The van der Waals surface area contributed by atoms with Gasteiger partial charge in [0.05, 0.1) is 17.3 Å². The fourth-order valence-corrected chi connectivity index (χ4v) is 3.95. The van der Waals surface area contributed by atoms with Crippen LogP contribution in [0.4, 0.5) is 14.9 Å². The van der Waals surface area contributed by atoms with Gasteiger partial charge in [0.2, 0.25) is 5.91 Å². The van der Waals surface area contributed by atoms with Crippen molar-refractivity contribution in [2.75, 3.05) is 18.4 Å². The van der Waals surface area contributed by atoms with Crippen LogP contribution in [0.2, 0.25) is 0 Å². The number of carbonyl (C=O) groups is 3. The highest BCUT2D eigenvalue weighted by Crippen LogP contribution is 2.35. The number of H-pyrrole nitrogens is 1. The minimum atomic E-state index is -0.606. The average Bonchev–Trinajstić information content (AvgIpc) is 3.36. The number of nitrogens with one attached hydrogen (secondary N) is 3. The van der Waals surface area contributed by atoms with Crippen molar-refractivity contribution >= 4 is 35.2 Å². The number of nitrogens with zero attached hydrogens (tertiary/aromatic N) is 1.